The maximum absolute atomic E-state index is 13.0. The van der Waals surface area contributed by atoms with E-state index in [0.29, 0.717) is 28.2 Å². The van der Waals surface area contributed by atoms with Crippen LogP contribution in [0.4, 0.5) is 10.1 Å². The number of carbonyl (C=O) groups excluding carboxylic acids is 1. The van der Waals surface area contributed by atoms with Gasteiger partial charge in [-0.15, -0.1) is 0 Å². The third kappa shape index (κ3) is 5.26. The SMILES string of the molecule is O=C(COc1ccc2c(=O)c(Oc3ccc(-c4ccccc4)cc3)coc2c1)Nc1ccc(F)cc1. The molecular weight excluding hydrogens is 461 g/mol. The fourth-order valence-electron chi connectivity index (χ4n) is 3.60. The summed E-state index contributed by atoms with van der Waals surface area (Å²) in [6, 6.07) is 27.4. The molecule has 7 heteroatoms. The molecule has 1 N–H and O–H groups in total. The van der Waals surface area contributed by atoms with E-state index < -0.39 is 11.7 Å². The maximum Gasteiger partial charge on any atom is 0.262 e. The fraction of sp³-hybridized carbons (Fsp3) is 0.0345. The van der Waals surface area contributed by atoms with Crippen molar-refractivity contribution >= 4 is 22.6 Å². The van der Waals surface area contributed by atoms with Crippen LogP contribution in [0, 0.1) is 5.82 Å². The van der Waals surface area contributed by atoms with Crippen molar-refractivity contribution in [2.24, 2.45) is 0 Å². The predicted molar refractivity (Wildman–Crippen MR) is 135 cm³/mol. The topological polar surface area (TPSA) is 77.8 Å². The van der Waals surface area contributed by atoms with Crippen LogP contribution >= 0.6 is 0 Å². The van der Waals surface area contributed by atoms with Crippen molar-refractivity contribution in [2.45, 2.75) is 0 Å². The average Bonchev–Trinajstić information content (AvgIpc) is 2.91. The molecule has 0 saturated heterocycles. The highest BCUT2D eigenvalue weighted by Crippen LogP contribution is 2.26. The van der Waals surface area contributed by atoms with Crippen molar-refractivity contribution in [3.63, 3.8) is 0 Å². The number of benzene rings is 4. The molecule has 0 aliphatic rings. The van der Waals surface area contributed by atoms with Gasteiger partial charge in [0.25, 0.3) is 5.91 Å². The normalized spacial score (nSPS) is 10.7. The number of rotatable bonds is 7. The minimum absolute atomic E-state index is 0.0577. The van der Waals surface area contributed by atoms with Crippen LogP contribution in [0.25, 0.3) is 22.1 Å². The molecule has 178 valence electrons. The van der Waals surface area contributed by atoms with Crippen molar-refractivity contribution in [3.8, 4) is 28.4 Å². The molecule has 1 aromatic heterocycles. The summed E-state index contributed by atoms with van der Waals surface area (Å²) in [5.41, 5.74) is 2.54. The lowest BCUT2D eigenvalue weighted by Crippen LogP contribution is -2.20. The lowest BCUT2D eigenvalue weighted by molar-refractivity contribution is -0.118. The van der Waals surface area contributed by atoms with E-state index in [1.54, 1.807) is 24.3 Å². The Balaban J connectivity index is 1.25. The molecule has 1 heterocycles. The molecule has 0 atom stereocenters. The lowest BCUT2D eigenvalue weighted by atomic mass is 10.1. The van der Waals surface area contributed by atoms with Crippen LogP contribution in [-0.2, 0) is 4.79 Å². The number of ether oxygens (including phenoxy) is 2. The molecule has 5 aromatic rings. The first-order valence-corrected chi connectivity index (χ1v) is 11.1. The second-order valence-electron chi connectivity index (χ2n) is 7.92. The summed E-state index contributed by atoms with van der Waals surface area (Å²) in [6.07, 6.45) is 1.25. The third-order valence-corrected chi connectivity index (χ3v) is 5.40. The fourth-order valence-corrected chi connectivity index (χ4v) is 3.60. The molecule has 1 amide bonds. The Labute approximate surface area is 205 Å². The zero-order chi connectivity index (χ0) is 24.9. The number of nitrogens with one attached hydrogen (secondary N) is 1. The Morgan fingerprint density at radius 3 is 2.28 bits per heavy atom. The number of hydrogen-bond donors (Lipinski definition) is 1. The molecule has 6 nitrogen and oxygen atoms in total. The van der Waals surface area contributed by atoms with Crippen LogP contribution < -0.4 is 20.2 Å². The molecule has 36 heavy (non-hydrogen) atoms. The summed E-state index contributed by atoms with van der Waals surface area (Å²) in [5, 5.41) is 2.92. The predicted octanol–water partition coefficient (Wildman–Crippen LogP) is 6.41. The van der Waals surface area contributed by atoms with Gasteiger partial charge in [-0.25, -0.2) is 4.39 Å². The number of hydrogen-bond acceptors (Lipinski definition) is 5. The second kappa shape index (κ2) is 10.1. The highest BCUT2D eigenvalue weighted by molar-refractivity contribution is 5.91. The molecule has 4 aromatic carbocycles. The Morgan fingerprint density at radius 1 is 0.833 bits per heavy atom. The Kier molecular flexibility index (Phi) is 6.44. The van der Waals surface area contributed by atoms with Gasteiger partial charge in [-0.3, -0.25) is 9.59 Å². The van der Waals surface area contributed by atoms with E-state index in [0.717, 1.165) is 11.1 Å². The lowest BCUT2D eigenvalue weighted by Gasteiger charge is -2.09. The molecule has 0 unspecified atom stereocenters. The van der Waals surface area contributed by atoms with Crippen molar-refractivity contribution in [3.05, 3.63) is 119 Å². The molecule has 0 spiro atoms. The van der Waals surface area contributed by atoms with Gasteiger partial charge in [0, 0.05) is 11.8 Å². The largest absolute Gasteiger partial charge is 0.484 e. The number of fused-ring (bicyclic) bond motifs is 1. The number of anilines is 1. The smallest absolute Gasteiger partial charge is 0.262 e. The van der Waals surface area contributed by atoms with Gasteiger partial charge in [-0.05, 0) is 59.7 Å². The summed E-state index contributed by atoms with van der Waals surface area (Å²) >= 11 is 0. The van der Waals surface area contributed by atoms with Gasteiger partial charge in [0.2, 0.25) is 11.2 Å². The Hall–Kier alpha value is -4.91. The van der Waals surface area contributed by atoms with Gasteiger partial charge in [-0.2, -0.15) is 0 Å². The second-order valence-corrected chi connectivity index (χ2v) is 7.92. The first-order valence-electron chi connectivity index (χ1n) is 11.1. The maximum atomic E-state index is 13.0. The number of halogens is 1. The van der Waals surface area contributed by atoms with Crippen LogP contribution in [0.2, 0.25) is 0 Å². The van der Waals surface area contributed by atoms with Crippen LogP contribution in [0.3, 0.4) is 0 Å². The van der Waals surface area contributed by atoms with Crippen LogP contribution in [0.15, 0.2) is 113 Å². The number of amides is 1. The summed E-state index contributed by atoms with van der Waals surface area (Å²) in [7, 11) is 0. The van der Waals surface area contributed by atoms with E-state index in [1.165, 1.54) is 36.6 Å². The number of carbonyl (C=O) groups is 1. The molecule has 0 fully saturated rings. The van der Waals surface area contributed by atoms with E-state index in [9.17, 15) is 14.0 Å². The van der Waals surface area contributed by atoms with Crippen LogP contribution in [0.5, 0.6) is 17.2 Å². The third-order valence-electron chi connectivity index (χ3n) is 5.40. The minimum Gasteiger partial charge on any atom is -0.484 e. The van der Waals surface area contributed by atoms with E-state index in [2.05, 4.69) is 5.32 Å². The van der Waals surface area contributed by atoms with Gasteiger partial charge in [0.05, 0.1) is 5.39 Å². The summed E-state index contributed by atoms with van der Waals surface area (Å²) < 4.78 is 29.9. The minimum atomic E-state index is -0.412. The molecule has 0 aliphatic carbocycles. The zero-order valence-electron chi connectivity index (χ0n) is 18.9. The standard InChI is InChI=1S/C29H20FNO5/c30-21-8-10-22(11-9-21)31-28(32)18-34-24-14-15-25-26(16-24)35-17-27(29(25)33)36-23-12-6-20(7-13-23)19-4-2-1-3-5-19/h1-17H,18H2,(H,31,32). The van der Waals surface area contributed by atoms with Gasteiger partial charge in [0.1, 0.15) is 29.2 Å². The van der Waals surface area contributed by atoms with E-state index >= 15 is 0 Å². The zero-order valence-corrected chi connectivity index (χ0v) is 18.9. The van der Waals surface area contributed by atoms with Gasteiger partial charge in [0.15, 0.2) is 6.61 Å². The van der Waals surface area contributed by atoms with Gasteiger partial charge < -0.3 is 19.2 Å². The molecule has 0 aliphatic heterocycles. The average molecular weight is 481 g/mol. The van der Waals surface area contributed by atoms with Crippen molar-refractivity contribution in [1.29, 1.82) is 0 Å². The Morgan fingerprint density at radius 2 is 1.53 bits per heavy atom. The van der Waals surface area contributed by atoms with Crippen LogP contribution in [-0.4, -0.2) is 12.5 Å². The van der Waals surface area contributed by atoms with Gasteiger partial charge in [-0.1, -0.05) is 42.5 Å². The Bertz CT molecular complexity index is 1560. The summed E-state index contributed by atoms with van der Waals surface area (Å²) in [6.45, 7) is -0.271. The van der Waals surface area contributed by atoms with Crippen LogP contribution in [0.1, 0.15) is 0 Å². The first-order chi connectivity index (χ1) is 17.5. The molecule has 0 radical (unpaired) electrons. The quantitative estimate of drug-likeness (QED) is 0.291. The van der Waals surface area contributed by atoms with E-state index in [4.69, 9.17) is 13.9 Å². The van der Waals surface area contributed by atoms with Gasteiger partial charge >= 0.3 is 0 Å². The summed E-state index contributed by atoms with van der Waals surface area (Å²) in [4.78, 5) is 25.0. The van der Waals surface area contributed by atoms with E-state index in [1.807, 2.05) is 42.5 Å². The van der Waals surface area contributed by atoms with E-state index in [-0.39, 0.29) is 17.8 Å². The molecule has 5 rings (SSSR count). The summed E-state index contributed by atoms with van der Waals surface area (Å²) in [5.74, 6) is 0.113. The highest BCUT2D eigenvalue weighted by Gasteiger charge is 2.12. The van der Waals surface area contributed by atoms with Crippen molar-refractivity contribution in [2.75, 3.05) is 11.9 Å². The first kappa shape index (κ1) is 22.9. The molecule has 0 saturated carbocycles. The highest BCUT2D eigenvalue weighted by atomic mass is 19.1. The molecule has 0 bridgehead atoms. The molecular formula is C29H20FNO5. The van der Waals surface area contributed by atoms with Crippen molar-refractivity contribution in [1.82, 2.24) is 0 Å². The van der Waals surface area contributed by atoms with Crippen molar-refractivity contribution < 1.29 is 23.1 Å². The monoisotopic (exact) mass is 481 g/mol.